The van der Waals surface area contributed by atoms with Crippen LogP contribution in [0.5, 0.6) is 0 Å². The molecule has 2 saturated carbocycles. The van der Waals surface area contributed by atoms with E-state index in [0.717, 1.165) is 23.0 Å². The zero-order chi connectivity index (χ0) is 16.3. The maximum atomic E-state index is 13.1. The minimum absolute atomic E-state index is 0.0687. The summed E-state index contributed by atoms with van der Waals surface area (Å²) in [6, 6.07) is 7.54. The summed E-state index contributed by atoms with van der Waals surface area (Å²) in [5, 5.41) is 3.03. The first kappa shape index (κ1) is 16.2. The highest BCUT2D eigenvalue weighted by Gasteiger charge is 2.76. The number of amides is 1. The van der Waals surface area contributed by atoms with Gasteiger partial charge in [-0.15, -0.1) is 0 Å². The van der Waals surface area contributed by atoms with Crippen molar-refractivity contribution in [2.45, 2.75) is 38.4 Å². The third-order valence-electron chi connectivity index (χ3n) is 6.25. The van der Waals surface area contributed by atoms with Crippen LogP contribution in [0.4, 0.5) is 5.69 Å². The smallest absolute Gasteiger partial charge is 0.232 e. The van der Waals surface area contributed by atoms with Gasteiger partial charge >= 0.3 is 0 Å². The molecular formula is C17H19Br2NO2. The van der Waals surface area contributed by atoms with E-state index in [1.165, 1.54) is 0 Å². The second kappa shape index (κ2) is 4.91. The largest absolute Gasteiger partial charge is 0.325 e. The molecule has 2 bridgehead atoms. The molecule has 0 saturated heterocycles. The molecule has 1 N–H and O–H groups in total. The average Bonchev–Trinajstić information content (AvgIpc) is 2.74. The summed E-state index contributed by atoms with van der Waals surface area (Å²) in [7, 11) is 0. The number of carbonyl (C=O) groups excluding carboxylic acids is 2. The SMILES string of the molecule is CC1(C)[C@]2(C(=O)Nc3ccccc3Br)CC[C@]1(C)C(=O)[C@H]2Br. The molecule has 0 spiro atoms. The summed E-state index contributed by atoms with van der Waals surface area (Å²) in [5.74, 6) is 0.0897. The first-order valence-corrected chi connectivity index (χ1v) is 9.14. The van der Waals surface area contributed by atoms with Crippen LogP contribution in [-0.4, -0.2) is 16.5 Å². The van der Waals surface area contributed by atoms with Crippen molar-refractivity contribution in [1.82, 2.24) is 0 Å². The van der Waals surface area contributed by atoms with E-state index in [2.05, 4.69) is 51.0 Å². The normalized spacial score (nSPS) is 35.7. The van der Waals surface area contributed by atoms with Gasteiger partial charge in [-0.1, -0.05) is 48.8 Å². The minimum Gasteiger partial charge on any atom is -0.325 e. The Morgan fingerprint density at radius 1 is 1.23 bits per heavy atom. The van der Waals surface area contributed by atoms with Gasteiger partial charge in [-0.2, -0.15) is 0 Å². The van der Waals surface area contributed by atoms with E-state index in [-0.39, 0.29) is 17.1 Å². The van der Waals surface area contributed by atoms with Gasteiger partial charge in [0.1, 0.15) is 0 Å². The predicted molar refractivity (Wildman–Crippen MR) is 94.0 cm³/mol. The van der Waals surface area contributed by atoms with Crippen LogP contribution in [0.3, 0.4) is 0 Å². The van der Waals surface area contributed by atoms with Gasteiger partial charge in [0.25, 0.3) is 0 Å². The minimum atomic E-state index is -0.700. The van der Waals surface area contributed by atoms with Gasteiger partial charge in [0.2, 0.25) is 5.91 Å². The summed E-state index contributed by atoms with van der Waals surface area (Å²) < 4.78 is 0.841. The van der Waals surface area contributed by atoms with Crippen molar-refractivity contribution < 1.29 is 9.59 Å². The van der Waals surface area contributed by atoms with E-state index in [1.54, 1.807) is 0 Å². The molecule has 2 aliphatic rings. The Hall–Kier alpha value is -0.680. The second-order valence-corrected chi connectivity index (χ2v) is 8.86. The van der Waals surface area contributed by atoms with E-state index in [0.29, 0.717) is 0 Å². The third-order valence-corrected chi connectivity index (χ3v) is 8.14. The molecule has 3 atom stereocenters. The van der Waals surface area contributed by atoms with Crippen LogP contribution in [0.1, 0.15) is 33.6 Å². The fraction of sp³-hybridized carbons (Fsp3) is 0.529. The molecule has 0 aromatic heterocycles. The number of fused-ring (bicyclic) bond motifs is 2. The lowest BCUT2D eigenvalue weighted by Crippen LogP contribution is -2.48. The van der Waals surface area contributed by atoms with Crippen molar-refractivity contribution in [1.29, 1.82) is 0 Å². The maximum Gasteiger partial charge on any atom is 0.232 e. The van der Waals surface area contributed by atoms with Crippen LogP contribution in [0.15, 0.2) is 28.7 Å². The molecule has 2 fully saturated rings. The van der Waals surface area contributed by atoms with Gasteiger partial charge in [-0.3, -0.25) is 9.59 Å². The van der Waals surface area contributed by atoms with Crippen LogP contribution in [0.2, 0.25) is 0 Å². The number of ketones is 1. The topological polar surface area (TPSA) is 46.2 Å². The Kier molecular flexibility index (Phi) is 3.61. The van der Waals surface area contributed by atoms with Crippen LogP contribution in [-0.2, 0) is 9.59 Å². The van der Waals surface area contributed by atoms with Crippen LogP contribution in [0.25, 0.3) is 0 Å². The highest BCUT2D eigenvalue weighted by atomic mass is 79.9. The maximum absolute atomic E-state index is 13.1. The highest BCUT2D eigenvalue weighted by Crippen LogP contribution is 2.72. The molecule has 0 radical (unpaired) electrons. The van der Waals surface area contributed by atoms with Crippen molar-refractivity contribution in [2.75, 3.05) is 5.32 Å². The van der Waals surface area contributed by atoms with E-state index in [1.807, 2.05) is 31.2 Å². The number of benzene rings is 1. The number of rotatable bonds is 2. The van der Waals surface area contributed by atoms with Crippen molar-refractivity contribution in [3.8, 4) is 0 Å². The summed E-state index contributed by atoms with van der Waals surface area (Å²) in [6.07, 6.45) is 1.50. The number of Topliss-reactive ketones (excluding diaryl/α,β-unsaturated/α-hetero) is 1. The quantitative estimate of drug-likeness (QED) is 0.702. The number of nitrogens with one attached hydrogen (secondary N) is 1. The zero-order valence-corrected chi connectivity index (χ0v) is 16.0. The fourth-order valence-electron chi connectivity index (χ4n) is 4.25. The average molecular weight is 429 g/mol. The van der Waals surface area contributed by atoms with Gasteiger partial charge in [0.05, 0.1) is 15.9 Å². The molecule has 5 heteroatoms. The Morgan fingerprint density at radius 2 is 1.86 bits per heavy atom. The van der Waals surface area contributed by atoms with E-state index >= 15 is 0 Å². The monoisotopic (exact) mass is 427 g/mol. The molecule has 3 nitrogen and oxygen atoms in total. The number of anilines is 1. The van der Waals surface area contributed by atoms with Crippen LogP contribution in [0, 0.1) is 16.2 Å². The molecular weight excluding hydrogens is 410 g/mol. The van der Waals surface area contributed by atoms with E-state index < -0.39 is 15.7 Å². The van der Waals surface area contributed by atoms with Gasteiger partial charge in [0, 0.05) is 9.89 Å². The number of para-hydroxylation sites is 1. The molecule has 2 aliphatic carbocycles. The molecule has 1 aromatic carbocycles. The number of hydrogen-bond acceptors (Lipinski definition) is 2. The van der Waals surface area contributed by atoms with Gasteiger partial charge in [0.15, 0.2) is 5.78 Å². The van der Waals surface area contributed by atoms with Crippen molar-refractivity contribution in [2.24, 2.45) is 16.2 Å². The van der Waals surface area contributed by atoms with E-state index in [4.69, 9.17) is 0 Å². The fourth-order valence-corrected chi connectivity index (χ4v) is 6.15. The third kappa shape index (κ3) is 1.72. The highest BCUT2D eigenvalue weighted by molar-refractivity contribution is 9.10. The Bertz CT molecular complexity index is 672. The lowest BCUT2D eigenvalue weighted by molar-refractivity contribution is -0.130. The molecule has 3 rings (SSSR count). The van der Waals surface area contributed by atoms with Crippen molar-refractivity contribution in [3.63, 3.8) is 0 Å². The summed E-state index contributed by atoms with van der Waals surface area (Å²) >= 11 is 7.00. The number of halogens is 2. The first-order valence-electron chi connectivity index (χ1n) is 7.43. The van der Waals surface area contributed by atoms with E-state index in [9.17, 15) is 9.59 Å². The molecule has 0 heterocycles. The predicted octanol–water partition coefficient (Wildman–Crippen LogP) is 4.55. The van der Waals surface area contributed by atoms with Crippen LogP contribution >= 0.6 is 31.9 Å². The van der Waals surface area contributed by atoms with Gasteiger partial charge < -0.3 is 5.32 Å². The van der Waals surface area contributed by atoms with Gasteiger partial charge in [-0.25, -0.2) is 0 Å². The first-order chi connectivity index (χ1) is 10.2. The Morgan fingerprint density at radius 3 is 2.41 bits per heavy atom. The Labute approximate surface area is 147 Å². The molecule has 1 amide bonds. The van der Waals surface area contributed by atoms with Crippen LogP contribution < -0.4 is 5.32 Å². The van der Waals surface area contributed by atoms with Gasteiger partial charge in [-0.05, 0) is 46.3 Å². The number of hydrogen-bond donors (Lipinski definition) is 1. The second-order valence-electron chi connectivity index (χ2n) is 7.09. The number of alkyl halides is 1. The lowest BCUT2D eigenvalue weighted by atomic mass is 9.64. The summed E-state index contributed by atoms with van der Waals surface area (Å²) in [6.45, 7) is 6.11. The lowest BCUT2D eigenvalue weighted by Gasteiger charge is -2.39. The molecule has 1 aromatic rings. The number of carbonyl (C=O) groups is 2. The van der Waals surface area contributed by atoms with Crippen molar-refractivity contribution >= 4 is 49.2 Å². The molecule has 0 aliphatic heterocycles. The molecule has 0 unspecified atom stereocenters. The molecule has 22 heavy (non-hydrogen) atoms. The summed E-state index contributed by atoms with van der Waals surface area (Å²) in [4.78, 5) is 25.4. The Balaban J connectivity index is 2.02. The zero-order valence-electron chi connectivity index (χ0n) is 12.9. The molecule has 118 valence electrons. The standard InChI is InChI=1S/C17H19Br2NO2/c1-15(2)16(3)8-9-17(15,12(19)13(16)21)14(22)20-11-7-5-4-6-10(11)18/h4-7,12H,8-9H2,1-3H3,(H,20,22)/t12-,16-,17-/m1/s1. The van der Waals surface area contributed by atoms with Crippen molar-refractivity contribution in [3.05, 3.63) is 28.7 Å². The summed E-state index contributed by atoms with van der Waals surface area (Å²) in [5.41, 5.74) is -0.776.